The van der Waals surface area contributed by atoms with Crippen molar-refractivity contribution in [2.45, 2.75) is 111 Å². The monoisotopic (exact) mass is 596 g/mol. The van der Waals surface area contributed by atoms with Crippen LogP contribution in [-0.2, 0) is 23.7 Å². The summed E-state index contributed by atoms with van der Waals surface area (Å²) < 4.78 is 23.6. The van der Waals surface area contributed by atoms with Crippen LogP contribution in [0.4, 0.5) is 0 Å². The summed E-state index contributed by atoms with van der Waals surface area (Å²) in [5.74, 6) is -0.771. The molecule has 3 aliphatic rings. The quantitative estimate of drug-likeness (QED) is 0.0940. The first-order valence-corrected chi connectivity index (χ1v) is 14.1. The molecule has 1 amide bonds. The van der Waals surface area contributed by atoms with Gasteiger partial charge in [-0.15, -0.1) is 0 Å². The summed E-state index contributed by atoms with van der Waals surface area (Å²) in [6.45, 7) is -0.599. The summed E-state index contributed by atoms with van der Waals surface area (Å²) >= 11 is 0. The first-order valence-electron chi connectivity index (χ1n) is 14.1. The van der Waals surface area contributed by atoms with Gasteiger partial charge in [-0.3, -0.25) is 4.79 Å². The van der Waals surface area contributed by atoms with Gasteiger partial charge in [0.25, 0.3) is 0 Å². The number of nitrogens with two attached hydrogens (primary N) is 4. The van der Waals surface area contributed by atoms with Crippen LogP contribution in [0.3, 0.4) is 0 Å². The molecule has 3 rings (SSSR count). The van der Waals surface area contributed by atoms with Crippen molar-refractivity contribution in [3.63, 3.8) is 0 Å². The van der Waals surface area contributed by atoms with E-state index < -0.39 is 92.0 Å². The smallest absolute Gasteiger partial charge is 0.249 e. The van der Waals surface area contributed by atoms with Crippen LogP contribution in [0.5, 0.6) is 0 Å². The molecule has 240 valence electrons. The summed E-state index contributed by atoms with van der Waals surface area (Å²) in [5.41, 5.74) is 23.8. The van der Waals surface area contributed by atoms with Crippen LogP contribution in [0.15, 0.2) is 0 Å². The predicted octanol–water partition coefficient (Wildman–Crippen LogP) is -6.78. The Morgan fingerprint density at radius 3 is 2.29 bits per heavy atom. The van der Waals surface area contributed by atoms with Crippen molar-refractivity contribution in [2.75, 3.05) is 32.8 Å². The fourth-order valence-corrected chi connectivity index (χ4v) is 5.47. The van der Waals surface area contributed by atoms with Crippen molar-refractivity contribution >= 4 is 5.91 Å². The lowest BCUT2D eigenvalue weighted by molar-refractivity contribution is -0.316. The van der Waals surface area contributed by atoms with Gasteiger partial charge in [0.1, 0.15) is 42.7 Å². The van der Waals surface area contributed by atoms with Gasteiger partial charge in [0.2, 0.25) is 5.91 Å². The van der Waals surface area contributed by atoms with Gasteiger partial charge in [0, 0.05) is 19.1 Å². The molecule has 17 nitrogen and oxygen atoms in total. The van der Waals surface area contributed by atoms with Crippen LogP contribution >= 0.6 is 0 Å². The molecule has 6 unspecified atom stereocenters. The summed E-state index contributed by atoms with van der Waals surface area (Å²) in [6, 6.07) is -3.43. The lowest BCUT2D eigenvalue weighted by Gasteiger charge is -2.48. The van der Waals surface area contributed by atoms with Gasteiger partial charge in [-0.25, -0.2) is 0 Å². The third kappa shape index (κ3) is 8.49. The zero-order chi connectivity index (χ0) is 30.3. The van der Waals surface area contributed by atoms with Crippen molar-refractivity contribution < 1.29 is 54.4 Å². The molecule has 1 saturated carbocycles. The summed E-state index contributed by atoms with van der Waals surface area (Å²) in [7, 11) is 0. The van der Waals surface area contributed by atoms with Gasteiger partial charge >= 0.3 is 0 Å². The highest BCUT2D eigenvalue weighted by molar-refractivity contribution is 5.80. The molecule has 1 aliphatic carbocycles. The average molecular weight is 597 g/mol. The fraction of sp³-hybridized carbons (Fsp3) is 0.958. The Balaban J connectivity index is 1.85. The van der Waals surface area contributed by atoms with Crippen LogP contribution in [0.1, 0.15) is 25.7 Å². The molecule has 17 heteroatoms. The molecule has 0 radical (unpaired) electrons. The van der Waals surface area contributed by atoms with E-state index in [4.69, 9.17) is 41.9 Å². The highest BCUT2D eigenvalue weighted by atomic mass is 16.7. The van der Waals surface area contributed by atoms with E-state index in [1.807, 2.05) is 0 Å². The van der Waals surface area contributed by atoms with Crippen molar-refractivity contribution in [3.05, 3.63) is 0 Å². The molecule has 0 aromatic carbocycles. The Morgan fingerprint density at radius 1 is 0.951 bits per heavy atom. The average Bonchev–Trinajstić information content (AvgIpc) is 2.95. The summed E-state index contributed by atoms with van der Waals surface area (Å²) in [4.78, 5) is 12.7. The van der Waals surface area contributed by atoms with Crippen LogP contribution < -0.4 is 33.6 Å². The largest absolute Gasteiger partial charge is 0.395 e. The van der Waals surface area contributed by atoms with Crippen molar-refractivity contribution in [1.82, 2.24) is 10.6 Å². The predicted molar refractivity (Wildman–Crippen MR) is 142 cm³/mol. The zero-order valence-corrected chi connectivity index (χ0v) is 23.0. The Bertz CT molecular complexity index is 805. The number of carbonyl (C=O) groups excluding carboxylic acids is 1. The van der Waals surface area contributed by atoms with Gasteiger partial charge < -0.3 is 83.2 Å². The number of hydrogen-bond acceptors (Lipinski definition) is 16. The molecule has 2 aliphatic heterocycles. The Morgan fingerprint density at radius 2 is 1.66 bits per heavy atom. The summed E-state index contributed by atoms with van der Waals surface area (Å²) in [5, 5.41) is 67.6. The normalized spacial score (nSPS) is 42.5. The van der Waals surface area contributed by atoms with E-state index in [1.54, 1.807) is 0 Å². The van der Waals surface area contributed by atoms with Gasteiger partial charge in [0.05, 0.1) is 37.4 Å². The molecule has 0 aromatic heterocycles. The van der Waals surface area contributed by atoms with E-state index in [9.17, 15) is 35.4 Å². The SMILES string of the molecule is NCC[C@H](O)C(=O)N[C@@H]1C[C@H](N)C(O[C@H]2OC(CN)CCC2N)C(O)[C@H]1O[C@H]1OC(CO)[C@@H](O)[C@H](NCCO)C1O. The van der Waals surface area contributed by atoms with Gasteiger partial charge in [-0.05, 0) is 32.2 Å². The molecular weight excluding hydrogens is 548 g/mol. The lowest BCUT2D eigenvalue weighted by Crippen LogP contribution is -2.69. The van der Waals surface area contributed by atoms with E-state index in [0.29, 0.717) is 12.8 Å². The molecule has 2 saturated heterocycles. The zero-order valence-electron chi connectivity index (χ0n) is 23.0. The number of hydrogen-bond donors (Lipinski definition) is 12. The van der Waals surface area contributed by atoms with Crippen molar-refractivity contribution in [3.8, 4) is 0 Å². The number of ether oxygens (including phenoxy) is 4. The lowest BCUT2D eigenvalue weighted by atomic mass is 9.83. The Labute approximate surface area is 238 Å². The third-order valence-electron chi connectivity index (χ3n) is 7.81. The minimum absolute atomic E-state index is 0.0107. The van der Waals surface area contributed by atoms with E-state index >= 15 is 0 Å². The minimum Gasteiger partial charge on any atom is -0.395 e. The Hall–Kier alpha value is -1.13. The topological polar surface area (TPSA) is 304 Å². The summed E-state index contributed by atoms with van der Waals surface area (Å²) in [6.07, 6.45) is -11.0. The maximum Gasteiger partial charge on any atom is 0.249 e. The van der Waals surface area contributed by atoms with Crippen LogP contribution in [0.2, 0.25) is 0 Å². The second kappa shape index (κ2) is 16.1. The molecule has 0 aromatic rings. The molecule has 0 spiro atoms. The van der Waals surface area contributed by atoms with E-state index in [-0.39, 0.29) is 45.2 Å². The molecule has 3 fully saturated rings. The molecule has 0 bridgehead atoms. The van der Waals surface area contributed by atoms with E-state index in [2.05, 4.69) is 10.6 Å². The van der Waals surface area contributed by atoms with Gasteiger partial charge in [0.15, 0.2) is 12.6 Å². The Kier molecular flexibility index (Phi) is 13.5. The number of aliphatic hydroxyl groups excluding tert-OH is 6. The van der Waals surface area contributed by atoms with E-state index in [0.717, 1.165) is 0 Å². The maximum atomic E-state index is 12.7. The number of rotatable bonds is 13. The number of aliphatic hydroxyl groups is 6. The van der Waals surface area contributed by atoms with Crippen molar-refractivity contribution in [1.29, 1.82) is 0 Å². The van der Waals surface area contributed by atoms with Crippen LogP contribution in [-0.4, -0.2) is 155 Å². The number of nitrogens with one attached hydrogen (secondary N) is 2. The van der Waals surface area contributed by atoms with Crippen molar-refractivity contribution in [2.24, 2.45) is 22.9 Å². The van der Waals surface area contributed by atoms with Crippen LogP contribution in [0, 0.1) is 0 Å². The first-order chi connectivity index (χ1) is 19.6. The standard InChI is InChI=1S/C24H48N6O11/c25-4-3-14(33)22(37)30-13-7-12(28)20(40-23-11(27)2-1-10(8-26)38-23)19(36)21(13)41-24-18(35)16(29-5-6-31)17(34)15(9-32)39-24/h10-21,23-24,29,31-36H,1-9,25-28H2,(H,30,37)/t10?,11?,12-,13+,14-,15?,16-,17+,18?,19?,20?,21-,23+,24+/m0/s1. The highest BCUT2D eigenvalue weighted by Gasteiger charge is 2.51. The molecule has 14 atom stereocenters. The van der Waals surface area contributed by atoms with Gasteiger partial charge in [-0.2, -0.15) is 0 Å². The highest BCUT2D eigenvalue weighted by Crippen LogP contribution is 2.31. The maximum absolute atomic E-state index is 12.7. The minimum atomic E-state index is -1.53. The third-order valence-corrected chi connectivity index (χ3v) is 7.81. The van der Waals surface area contributed by atoms with Gasteiger partial charge in [-0.1, -0.05) is 0 Å². The van der Waals surface area contributed by atoms with Crippen LogP contribution in [0.25, 0.3) is 0 Å². The number of carbonyl (C=O) groups is 1. The molecular formula is C24H48N6O11. The molecule has 2 heterocycles. The second-order valence-electron chi connectivity index (χ2n) is 10.8. The molecule has 41 heavy (non-hydrogen) atoms. The number of amides is 1. The second-order valence-corrected chi connectivity index (χ2v) is 10.8. The van der Waals surface area contributed by atoms with E-state index in [1.165, 1.54) is 0 Å². The first kappa shape index (κ1) is 34.4. The molecule has 16 N–H and O–H groups in total. The fourth-order valence-electron chi connectivity index (χ4n) is 5.47.